The van der Waals surface area contributed by atoms with Gasteiger partial charge in [0, 0.05) is 18.3 Å². The highest BCUT2D eigenvalue weighted by molar-refractivity contribution is 6.04. The van der Waals surface area contributed by atoms with Crippen molar-refractivity contribution in [2.45, 2.75) is 33.1 Å². The summed E-state index contributed by atoms with van der Waals surface area (Å²) < 4.78 is 0. The number of benzene rings is 1. The molecular weight excluding hydrogens is 210 g/mol. The van der Waals surface area contributed by atoms with Gasteiger partial charge in [-0.1, -0.05) is 45.5 Å². The molecule has 0 aromatic heterocycles. The highest BCUT2D eigenvalue weighted by Crippen LogP contribution is 2.31. The van der Waals surface area contributed by atoms with Crippen LogP contribution in [0.1, 0.15) is 33.3 Å². The van der Waals surface area contributed by atoms with Crippen molar-refractivity contribution in [1.82, 2.24) is 0 Å². The lowest BCUT2D eigenvalue weighted by Crippen LogP contribution is -2.29. The van der Waals surface area contributed by atoms with Crippen molar-refractivity contribution >= 4 is 11.6 Å². The van der Waals surface area contributed by atoms with Gasteiger partial charge >= 0.3 is 0 Å². The second-order valence-electron chi connectivity index (χ2n) is 5.41. The SMILES string of the molecule is C=C(C)C(=O)N(C)c1ccccc1C(C)(C)C. The third kappa shape index (κ3) is 2.96. The zero-order valence-electron chi connectivity index (χ0n) is 11.4. The molecule has 0 bridgehead atoms. The third-order valence-corrected chi connectivity index (χ3v) is 2.74. The normalized spacial score (nSPS) is 11.1. The van der Waals surface area contributed by atoms with Crippen molar-refractivity contribution in [1.29, 1.82) is 0 Å². The Morgan fingerprint density at radius 1 is 1.24 bits per heavy atom. The molecular formula is C15H21NO. The summed E-state index contributed by atoms with van der Waals surface area (Å²) >= 11 is 0. The van der Waals surface area contributed by atoms with E-state index in [-0.39, 0.29) is 11.3 Å². The van der Waals surface area contributed by atoms with Crippen LogP contribution in [-0.4, -0.2) is 13.0 Å². The van der Waals surface area contributed by atoms with Crippen LogP contribution in [0, 0.1) is 0 Å². The Morgan fingerprint density at radius 3 is 2.24 bits per heavy atom. The van der Waals surface area contributed by atoms with Gasteiger partial charge < -0.3 is 4.90 Å². The summed E-state index contributed by atoms with van der Waals surface area (Å²) in [4.78, 5) is 13.6. The highest BCUT2D eigenvalue weighted by atomic mass is 16.2. The van der Waals surface area contributed by atoms with Gasteiger partial charge in [-0.05, 0) is 24.0 Å². The van der Waals surface area contributed by atoms with Gasteiger partial charge in [0.05, 0.1) is 0 Å². The van der Waals surface area contributed by atoms with Crippen LogP contribution in [0.15, 0.2) is 36.4 Å². The lowest BCUT2D eigenvalue weighted by Gasteiger charge is -2.27. The maximum Gasteiger partial charge on any atom is 0.253 e. The second-order valence-corrected chi connectivity index (χ2v) is 5.41. The average molecular weight is 231 g/mol. The Balaban J connectivity index is 3.23. The number of rotatable bonds is 2. The van der Waals surface area contributed by atoms with E-state index in [0.29, 0.717) is 5.57 Å². The Bertz CT molecular complexity index is 440. The van der Waals surface area contributed by atoms with E-state index >= 15 is 0 Å². The summed E-state index contributed by atoms with van der Waals surface area (Å²) in [6, 6.07) is 7.99. The summed E-state index contributed by atoms with van der Waals surface area (Å²) in [5.74, 6) is -0.0401. The van der Waals surface area contributed by atoms with Gasteiger partial charge in [-0.3, -0.25) is 4.79 Å². The predicted molar refractivity (Wildman–Crippen MR) is 73.4 cm³/mol. The number of para-hydroxylation sites is 1. The first-order chi connectivity index (χ1) is 7.75. The molecule has 0 aliphatic heterocycles. The quantitative estimate of drug-likeness (QED) is 0.713. The summed E-state index contributed by atoms with van der Waals surface area (Å²) in [6.07, 6.45) is 0. The Labute approximate surface area is 104 Å². The average Bonchev–Trinajstić information content (AvgIpc) is 2.25. The molecule has 0 spiro atoms. The number of hydrogen-bond donors (Lipinski definition) is 0. The zero-order valence-corrected chi connectivity index (χ0v) is 11.4. The van der Waals surface area contributed by atoms with Crippen LogP contribution in [0.4, 0.5) is 5.69 Å². The van der Waals surface area contributed by atoms with Crippen LogP contribution in [0.25, 0.3) is 0 Å². The number of nitrogens with zero attached hydrogens (tertiary/aromatic N) is 1. The minimum atomic E-state index is -0.0401. The number of likely N-dealkylation sites (N-methyl/N-ethyl adjacent to an activating group) is 1. The monoisotopic (exact) mass is 231 g/mol. The van der Waals surface area contributed by atoms with E-state index in [1.165, 1.54) is 0 Å². The molecule has 1 rings (SSSR count). The van der Waals surface area contributed by atoms with Gasteiger partial charge in [-0.2, -0.15) is 0 Å². The van der Waals surface area contributed by atoms with E-state index < -0.39 is 0 Å². The fourth-order valence-corrected chi connectivity index (χ4v) is 1.80. The van der Waals surface area contributed by atoms with E-state index in [9.17, 15) is 4.79 Å². The lowest BCUT2D eigenvalue weighted by atomic mass is 9.85. The smallest absolute Gasteiger partial charge is 0.253 e. The number of carbonyl (C=O) groups excluding carboxylic acids is 1. The molecule has 0 unspecified atom stereocenters. The molecule has 0 N–H and O–H groups in total. The summed E-state index contributed by atoms with van der Waals surface area (Å²) in [5.41, 5.74) is 2.68. The van der Waals surface area contributed by atoms with Crippen molar-refractivity contribution < 1.29 is 4.79 Å². The molecule has 92 valence electrons. The topological polar surface area (TPSA) is 20.3 Å². The van der Waals surface area contributed by atoms with Crippen LogP contribution in [0.3, 0.4) is 0 Å². The molecule has 2 heteroatoms. The van der Waals surface area contributed by atoms with Gasteiger partial charge in [0.2, 0.25) is 0 Å². The number of hydrogen-bond acceptors (Lipinski definition) is 1. The molecule has 0 atom stereocenters. The molecule has 0 fully saturated rings. The van der Waals surface area contributed by atoms with Crippen molar-refractivity contribution in [2.24, 2.45) is 0 Å². The molecule has 0 aliphatic rings. The molecule has 1 amide bonds. The Kier molecular flexibility index (Phi) is 3.76. The van der Waals surface area contributed by atoms with Gasteiger partial charge in [0.15, 0.2) is 0 Å². The summed E-state index contributed by atoms with van der Waals surface area (Å²) in [5, 5.41) is 0. The molecule has 0 saturated carbocycles. The van der Waals surface area contributed by atoms with Crippen molar-refractivity contribution in [3.8, 4) is 0 Å². The standard InChI is InChI=1S/C15H21NO/c1-11(2)14(17)16(6)13-10-8-7-9-12(13)15(3,4)5/h7-10H,1H2,2-6H3. The predicted octanol–water partition coefficient (Wildman–Crippen LogP) is 3.52. The molecule has 0 saturated heterocycles. The minimum absolute atomic E-state index is 0.0141. The molecule has 2 nitrogen and oxygen atoms in total. The second kappa shape index (κ2) is 4.74. The highest BCUT2D eigenvalue weighted by Gasteiger charge is 2.21. The van der Waals surface area contributed by atoms with Gasteiger partial charge in [0.1, 0.15) is 0 Å². The van der Waals surface area contributed by atoms with E-state index in [0.717, 1.165) is 11.3 Å². The maximum atomic E-state index is 11.9. The van der Waals surface area contributed by atoms with Crippen molar-refractivity contribution in [2.75, 3.05) is 11.9 Å². The maximum absolute atomic E-state index is 11.9. The van der Waals surface area contributed by atoms with E-state index in [1.807, 2.05) is 18.2 Å². The first kappa shape index (κ1) is 13.5. The molecule has 1 aromatic rings. The van der Waals surface area contributed by atoms with E-state index in [2.05, 4.69) is 33.4 Å². The van der Waals surface area contributed by atoms with Crippen molar-refractivity contribution in [3.05, 3.63) is 42.0 Å². The minimum Gasteiger partial charge on any atom is -0.311 e. The van der Waals surface area contributed by atoms with Crippen LogP contribution in [-0.2, 0) is 10.2 Å². The van der Waals surface area contributed by atoms with Gasteiger partial charge in [0.25, 0.3) is 5.91 Å². The third-order valence-electron chi connectivity index (χ3n) is 2.74. The van der Waals surface area contributed by atoms with E-state index in [4.69, 9.17) is 0 Å². The fourth-order valence-electron chi connectivity index (χ4n) is 1.80. The largest absolute Gasteiger partial charge is 0.311 e. The van der Waals surface area contributed by atoms with Gasteiger partial charge in [-0.25, -0.2) is 0 Å². The van der Waals surface area contributed by atoms with Crippen LogP contribution < -0.4 is 4.90 Å². The molecule has 17 heavy (non-hydrogen) atoms. The first-order valence-corrected chi connectivity index (χ1v) is 5.78. The fraction of sp³-hybridized carbons (Fsp3) is 0.400. The lowest BCUT2D eigenvalue weighted by molar-refractivity contribution is -0.114. The van der Waals surface area contributed by atoms with Crippen LogP contribution >= 0.6 is 0 Å². The van der Waals surface area contributed by atoms with Gasteiger partial charge in [-0.15, -0.1) is 0 Å². The zero-order chi connectivity index (χ0) is 13.2. The Hall–Kier alpha value is -1.57. The van der Waals surface area contributed by atoms with Crippen LogP contribution in [0.2, 0.25) is 0 Å². The number of anilines is 1. The summed E-state index contributed by atoms with van der Waals surface area (Å²) in [7, 11) is 1.79. The van der Waals surface area contributed by atoms with Crippen LogP contribution in [0.5, 0.6) is 0 Å². The first-order valence-electron chi connectivity index (χ1n) is 5.78. The Morgan fingerprint density at radius 2 is 1.76 bits per heavy atom. The molecule has 0 radical (unpaired) electrons. The number of amides is 1. The van der Waals surface area contributed by atoms with Crippen molar-refractivity contribution in [3.63, 3.8) is 0 Å². The molecule has 1 aromatic carbocycles. The van der Waals surface area contributed by atoms with E-state index in [1.54, 1.807) is 18.9 Å². The molecule has 0 aliphatic carbocycles. The number of carbonyl (C=O) groups is 1. The molecule has 0 heterocycles. The summed E-state index contributed by atoms with van der Waals surface area (Å²) in [6.45, 7) is 11.9.